The van der Waals surface area contributed by atoms with Crippen molar-refractivity contribution in [2.75, 3.05) is 13.6 Å². The second-order valence-electron chi connectivity index (χ2n) is 42.8. The van der Waals surface area contributed by atoms with Gasteiger partial charge in [-0.2, -0.15) is 14.9 Å². The number of pyridine rings is 3. The molecule has 1 aromatic carbocycles. The number of thiazole rings is 1. The van der Waals surface area contributed by atoms with Crippen molar-refractivity contribution in [1.29, 1.82) is 0 Å². The predicted octanol–water partition coefficient (Wildman–Crippen LogP) is 22.4. The highest BCUT2D eigenvalue weighted by molar-refractivity contribution is 7.09. The van der Waals surface area contributed by atoms with Gasteiger partial charge in [-0.15, -0.1) is 21.5 Å². The maximum atomic E-state index is 11.2. The summed E-state index contributed by atoms with van der Waals surface area (Å²) in [7, 11) is 7.84. The first-order valence-corrected chi connectivity index (χ1v) is 43.6. The number of aromatic amines is 1. The van der Waals surface area contributed by atoms with Gasteiger partial charge in [0.15, 0.2) is 18.4 Å². The SMILES string of the molecule is CC(C)(C)c1cccc[n+]1[O-].CC(C)(C)c1ccccn1.CC(C)(C)c1ccn[nH]1.CC(C)(C)c1ccncn1.CC(C)(C)c1cnccn1.CC(C)(C)c1ncccn1.CC(C)(C)c1nccs1.C[N+]1=CCN=C1C(C)(C)C.Cc1cccc(C(C)(C)C)n1.Cn1cc(C(C)(C)C)nn1.Cn1nc(C(C)(C)C)c2ccccc21.Cn1nncc1C(C)(C)C. The first-order valence-electron chi connectivity index (χ1n) is 42.7. The van der Waals surface area contributed by atoms with Crippen LogP contribution in [0, 0.1) is 17.5 Å². The lowest BCUT2D eigenvalue weighted by molar-refractivity contribution is -0.617. The normalized spacial score (nSPS) is 12.3. The summed E-state index contributed by atoms with van der Waals surface area (Å²) in [5, 5.41) is 42.5. The van der Waals surface area contributed by atoms with E-state index in [2.05, 4.69) is 375 Å². The van der Waals surface area contributed by atoms with Crippen LogP contribution in [0.4, 0.5) is 0 Å². The number of aromatic nitrogens is 20. The summed E-state index contributed by atoms with van der Waals surface area (Å²) in [6.07, 6.45) is 25.0. The average molecular weight is 1720 g/mol. The van der Waals surface area contributed by atoms with E-state index >= 15 is 0 Å². The van der Waals surface area contributed by atoms with Gasteiger partial charge in [-0.3, -0.25) is 39.1 Å². The summed E-state index contributed by atoms with van der Waals surface area (Å²) >= 11 is 1.72. The average Bonchev–Trinajstić information content (AvgIpc) is 1.63. The molecule has 0 saturated carbocycles. The number of amidine groups is 1. The molecule has 0 fully saturated rings. The van der Waals surface area contributed by atoms with Crippen LogP contribution in [-0.4, -0.2) is 125 Å². The van der Waals surface area contributed by atoms with Crippen molar-refractivity contribution in [2.45, 2.75) is 316 Å². The molecule has 0 amide bonds. The van der Waals surface area contributed by atoms with Gasteiger partial charge in [-0.25, -0.2) is 29.5 Å². The van der Waals surface area contributed by atoms with E-state index in [1.165, 1.54) is 39.3 Å². The van der Waals surface area contributed by atoms with Crippen molar-refractivity contribution in [1.82, 2.24) is 94.8 Å². The van der Waals surface area contributed by atoms with E-state index < -0.39 is 0 Å². The molecule has 678 valence electrons. The van der Waals surface area contributed by atoms with Crippen molar-refractivity contribution in [3.05, 3.63) is 256 Å². The van der Waals surface area contributed by atoms with Gasteiger partial charge < -0.3 is 5.21 Å². The fourth-order valence-electron chi connectivity index (χ4n) is 10.8. The summed E-state index contributed by atoms with van der Waals surface area (Å²) in [5.74, 6) is 2.09. The minimum atomic E-state index is -0.0665. The molecule has 0 atom stereocenters. The molecular formula is C100H157N22OS+. The van der Waals surface area contributed by atoms with Gasteiger partial charge in [0.1, 0.15) is 18.4 Å². The number of aliphatic imine (C=N–C) groups is 1. The molecule has 0 aliphatic carbocycles. The highest BCUT2D eigenvalue weighted by Crippen LogP contribution is 2.30. The van der Waals surface area contributed by atoms with Crippen LogP contribution < -0.4 is 4.73 Å². The summed E-state index contributed by atoms with van der Waals surface area (Å²) in [5.41, 5.74) is 13.7. The third kappa shape index (κ3) is 41.9. The van der Waals surface area contributed by atoms with Gasteiger partial charge in [0.2, 0.25) is 0 Å². The largest absolute Gasteiger partial charge is 0.618 e. The smallest absolute Gasteiger partial charge is 0.297 e. The number of nitrogens with zero attached hydrogens (tertiary/aromatic N) is 21. The van der Waals surface area contributed by atoms with Crippen molar-refractivity contribution in [3.63, 3.8) is 0 Å². The number of hydrogen-bond acceptors (Lipinski definition) is 18. The fourth-order valence-corrected chi connectivity index (χ4v) is 11.5. The first kappa shape index (κ1) is 110. The van der Waals surface area contributed by atoms with Gasteiger partial charge >= 0.3 is 0 Å². The number of aryl methyl sites for hydroxylation is 4. The molecule has 124 heavy (non-hydrogen) atoms. The number of nitrogens with one attached hydrogen (secondary N) is 1. The molecule has 1 aliphatic heterocycles. The van der Waals surface area contributed by atoms with Gasteiger partial charge in [0, 0.05) is 194 Å². The molecule has 0 radical (unpaired) electrons. The van der Waals surface area contributed by atoms with Crippen molar-refractivity contribution in [2.24, 2.45) is 31.6 Å². The Morgan fingerprint density at radius 1 is 0.427 bits per heavy atom. The van der Waals surface area contributed by atoms with Gasteiger partial charge in [0.25, 0.3) is 5.84 Å². The highest BCUT2D eigenvalue weighted by atomic mass is 32.1. The van der Waals surface area contributed by atoms with E-state index in [1.54, 1.807) is 82.7 Å². The molecule has 0 saturated heterocycles. The van der Waals surface area contributed by atoms with E-state index in [0.717, 1.165) is 62.7 Å². The summed E-state index contributed by atoms with van der Waals surface area (Å²) in [6.45, 7) is 79.9. The number of H-pyrrole nitrogens is 1. The van der Waals surface area contributed by atoms with Crippen LogP contribution in [0.25, 0.3) is 10.9 Å². The van der Waals surface area contributed by atoms with Crippen molar-refractivity contribution < 1.29 is 9.31 Å². The summed E-state index contributed by atoms with van der Waals surface area (Å²) in [4.78, 5) is 41.7. The molecule has 12 heterocycles. The number of fused-ring (bicyclic) bond motifs is 1. The van der Waals surface area contributed by atoms with Gasteiger partial charge in [0.05, 0.1) is 52.0 Å². The molecule has 12 aromatic rings. The third-order valence-corrected chi connectivity index (χ3v) is 19.1. The van der Waals surface area contributed by atoms with Crippen LogP contribution in [0.2, 0.25) is 0 Å². The second-order valence-corrected chi connectivity index (χ2v) is 43.7. The molecule has 13 rings (SSSR count). The Morgan fingerprint density at radius 3 is 1.30 bits per heavy atom. The number of rotatable bonds is 0. The van der Waals surface area contributed by atoms with E-state index in [-0.39, 0.29) is 65.0 Å². The molecule has 0 bridgehead atoms. The Hall–Kier alpha value is -10.4. The van der Waals surface area contributed by atoms with Crippen LogP contribution in [0.15, 0.2) is 188 Å². The third-order valence-electron chi connectivity index (χ3n) is 17.9. The van der Waals surface area contributed by atoms with Gasteiger partial charge in [-0.05, 0) is 82.3 Å². The maximum Gasteiger partial charge on any atom is 0.297 e. The Labute approximate surface area is 751 Å². The lowest BCUT2D eigenvalue weighted by Gasteiger charge is -2.17. The Morgan fingerprint density at radius 2 is 0.984 bits per heavy atom. The minimum Gasteiger partial charge on any atom is -0.618 e. The van der Waals surface area contributed by atoms with Crippen LogP contribution in [0.1, 0.15) is 317 Å². The second kappa shape index (κ2) is 47.7. The summed E-state index contributed by atoms with van der Waals surface area (Å²) < 4.78 is 8.51. The highest BCUT2D eigenvalue weighted by Gasteiger charge is 2.31. The number of para-hydroxylation sites is 1. The molecule has 23 nitrogen and oxygen atoms in total. The molecule has 1 aliphatic rings. The Balaban J connectivity index is 0.000000459. The van der Waals surface area contributed by atoms with Crippen LogP contribution >= 0.6 is 11.3 Å². The number of benzene rings is 1. The molecule has 0 unspecified atom stereocenters. The van der Waals surface area contributed by atoms with Crippen molar-refractivity contribution in [3.8, 4) is 0 Å². The predicted molar refractivity (Wildman–Crippen MR) is 518 cm³/mol. The van der Waals surface area contributed by atoms with E-state index in [4.69, 9.17) is 0 Å². The van der Waals surface area contributed by atoms with E-state index in [0.29, 0.717) is 0 Å². The topological polar surface area (TPSA) is 266 Å². The van der Waals surface area contributed by atoms with E-state index in [1.807, 2.05) is 126 Å². The zero-order valence-corrected chi connectivity index (χ0v) is 84.6. The molecule has 11 aromatic heterocycles. The standard InChI is InChI=1S/C12H16N2.C10H15N.C9H13NO.C9H13N.C8H15N2.3C8H12N2.2C7H13N3.C7H12N2.C7H11NS/c1-12(2,3)11-9-7-5-6-8-10(9)14(4)13-11;1-8-6-5-7-9(11-8)10(2,3)4;1-9(2,3)8-6-4-5-7-10(8)11;1-9(2,3)8-6-4-5-7-10-8;1-8(2,3)7-9-5-6-10(7)4;1-8(2,3)7-6-9-4-5-10-7;1-8(2,3)7-4-5-9-6-10-7;1-8(2,3)7-9-5-4-6-10-7;1-7(2,3)6-5-10(4)9-8-6;1-7(2,3)6-5-8-9-10(6)4;1-7(2,3)6-4-5-8-9-6;1-7(2,3)6-8-4-5-9-6/h5-8H,1-4H3;5-7H,1-4H3;4-7H,1-3H3;4-7H,1-3H3;6H,5H2,1-4H3;3*4-6H,1-3H3;2*5H,1-4H3;4-5H,1-3H3,(H,8,9);4-5H,1-3H3/q;;;;+1;;;;;;;. The minimum absolute atomic E-state index is 0.0665. The van der Waals surface area contributed by atoms with Crippen molar-refractivity contribution >= 4 is 34.3 Å². The lowest BCUT2D eigenvalue weighted by atomic mass is 9.90. The monoisotopic (exact) mass is 1710 g/mol. The van der Waals surface area contributed by atoms with Crippen LogP contribution in [0.5, 0.6) is 0 Å². The summed E-state index contributed by atoms with van der Waals surface area (Å²) in [6, 6.07) is 31.8. The molecule has 24 heteroatoms. The molecule has 0 spiro atoms. The maximum absolute atomic E-state index is 11.2. The van der Waals surface area contributed by atoms with Gasteiger partial charge in [-0.1, -0.05) is 274 Å². The quantitative estimate of drug-likeness (QED) is 0.109. The Kier molecular flexibility index (Phi) is 42.2. The van der Waals surface area contributed by atoms with Crippen LogP contribution in [-0.2, 0) is 80.7 Å². The van der Waals surface area contributed by atoms with E-state index in [9.17, 15) is 5.21 Å². The first-order chi connectivity index (χ1) is 56.7. The lowest BCUT2D eigenvalue weighted by Crippen LogP contribution is -2.37. The number of hydrogen-bond donors (Lipinski definition) is 1. The molecule has 1 N–H and O–H groups in total. The fraction of sp³-hybridized carbons (Fsp3) is 0.540. The molecular weight excluding hydrogens is 1560 g/mol. The zero-order valence-electron chi connectivity index (χ0n) is 83.8. The zero-order chi connectivity index (χ0) is 94.9. The van der Waals surface area contributed by atoms with Crippen LogP contribution in [0.3, 0.4) is 0 Å². The Bertz CT molecular complexity index is 4740.